The molecule has 1 aromatic carbocycles. The molecule has 2 aromatic rings. The van der Waals surface area contributed by atoms with Crippen LogP contribution in [-0.2, 0) is 23.9 Å². The van der Waals surface area contributed by atoms with Gasteiger partial charge in [-0.2, -0.15) is 13.2 Å². The third-order valence-electron chi connectivity index (χ3n) is 3.53. The second kappa shape index (κ2) is 7.04. The van der Waals surface area contributed by atoms with E-state index >= 15 is 0 Å². The molecule has 1 aromatic heterocycles. The van der Waals surface area contributed by atoms with E-state index in [0.29, 0.717) is 17.6 Å². The summed E-state index contributed by atoms with van der Waals surface area (Å²) in [7, 11) is 0. The Bertz CT molecular complexity index is 859. The molecule has 0 atom stereocenters. The Labute approximate surface area is 140 Å². The highest BCUT2D eigenvalue weighted by atomic mass is 19.4. The summed E-state index contributed by atoms with van der Waals surface area (Å²) in [6.07, 6.45) is -5.06. The van der Waals surface area contributed by atoms with E-state index in [-0.39, 0.29) is 17.5 Å². The number of hydrogen-bond acceptors (Lipinski definition) is 3. The van der Waals surface area contributed by atoms with Crippen molar-refractivity contribution >= 4 is 5.91 Å². The fourth-order valence-electron chi connectivity index (χ4n) is 2.34. The number of aromatic nitrogens is 2. The predicted molar refractivity (Wildman–Crippen MR) is 81.3 cm³/mol. The Morgan fingerprint density at radius 1 is 1.28 bits per heavy atom. The van der Waals surface area contributed by atoms with E-state index in [1.165, 1.54) is 0 Å². The van der Waals surface area contributed by atoms with Gasteiger partial charge >= 0.3 is 6.18 Å². The van der Waals surface area contributed by atoms with Crippen LogP contribution in [-0.4, -0.2) is 15.9 Å². The summed E-state index contributed by atoms with van der Waals surface area (Å²) in [5.74, 6) is -1.26. The zero-order valence-electron chi connectivity index (χ0n) is 13.4. The summed E-state index contributed by atoms with van der Waals surface area (Å²) in [6, 6.07) is 2.22. The molecule has 134 valence electrons. The van der Waals surface area contributed by atoms with Gasteiger partial charge in [0.25, 0.3) is 5.56 Å². The van der Waals surface area contributed by atoms with Crippen molar-refractivity contribution in [1.82, 2.24) is 15.3 Å². The lowest BCUT2D eigenvalue weighted by Gasteiger charge is -2.13. The Balaban J connectivity index is 2.13. The highest BCUT2D eigenvalue weighted by molar-refractivity contribution is 5.78. The second-order valence-electron chi connectivity index (χ2n) is 5.47. The molecular formula is C16H15F4N3O2. The van der Waals surface area contributed by atoms with Crippen LogP contribution in [0.1, 0.15) is 28.2 Å². The number of carbonyl (C=O) groups is 1. The summed E-state index contributed by atoms with van der Waals surface area (Å²) < 4.78 is 51.8. The van der Waals surface area contributed by atoms with Gasteiger partial charge in [-0.1, -0.05) is 6.07 Å². The number of aryl methyl sites for hydroxylation is 2. The maximum atomic E-state index is 13.1. The molecular weight excluding hydrogens is 342 g/mol. The van der Waals surface area contributed by atoms with Gasteiger partial charge in [-0.15, -0.1) is 0 Å². The van der Waals surface area contributed by atoms with Crippen LogP contribution < -0.4 is 10.9 Å². The number of hydrogen-bond donors (Lipinski definition) is 2. The normalized spacial score (nSPS) is 11.4. The first-order valence-corrected chi connectivity index (χ1v) is 7.26. The van der Waals surface area contributed by atoms with Crippen LogP contribution in [0.4, 0.5) is 17.6 Å². The topological polar surface area (TPSA) is 74.8 Å². The van der Waals surface area contributed by atoms with Crippen LogP contribution in [0.5, 0.6) is 0 Å². The van der Waals surface area contributed by atoms with Crippen molar-refractivity contribution in [3.8, 4) is 0 Å². The van der Waals surface area contributed by atoms with E-state index in [1.807, 2.05) is 0 Å². The van der Waals surface area contributed by atoms with Gasteiger partial charge in [0, 0.05) is 17.8 Å². The average Bonchev–Trinajstić information content (AvgIpc) is 2.48. The SMILES string of the molecule is Cc1nc(C)c(CC(=O)NCc2ccc(F)cc2C(F)(F)F)c(=O)[nH]1. The van der Waals surface area contributed by atoms with Crippen molar-refractivity contribution in [2.24, 2.45) is 0 Å². The number of aromatic amines is 1. The van der Waals surface area contributed by atoms with Crippen molar-refractivity contribution < 1.29 is 22.4 Å². The first kappa shape index (κ1) is 18.6. The zero-order valence-corrected chi connectivity index (χ0v) is 13.4. The van der Waals surface area contributed by atoms with Gasteiger partial charge in [0.2, 0.25) is 5.91 Å². The molecule has 0 fully saturated rings. The van der Waals surface area contributed by atoms with Crippen LogP contribution in [0.25, 0.3) is 0 Å². The summed E-state index contributed by atoms with van der Waals surface area (Å²) in [6.45, 7) is 2.71. The molecule has 5 nitrogen and oxygen atoms in total. The molecule has 25 heavy (non-hydrogen) atoms. The molecule has 0 radical (unpaired) electrons. The van der Waals surface area contributed by atoms with E-state index < -0.39 is 35.6 Å². The number of alkyl halides is 3. The van der Waals surface area contributed by atoms with Crippen LogP contribution in [0.15, 0.2) is 23.0 Å². The number of amides is 1. The molecule has 0 aliphatic rings. The number of nitrogens with one attached hydrogen (secondary N) is 2. The molecule has 0 saturated heterocycles. The Morgan fingerprint density at radius 2 is 1.96 bits per heavy atom. The van der Waals surface area contributed by atoms with Crippen LogP contribution in [0.3, 0.4) is 0 Å². The predicted octanol–water partition coefficient (Wildman–Crippen LogP) is 2.40. The summed E-state index contributed by atoms with van der Waals surface area (Å²) in [5.41, 5.74) is -1.39. The van der Waals surface area contributed by atoms with Crippen molar-refractivity contribution in [1.29, 1.82) is 0 Å². The highest BCUT2D eigenvalue weighted by Gasteiger charge is 2.33. The first-order valence-electron chi connectivity index (χ1n) is 7.26. The standard InChI is InChI=1S/C16H15F4N3O2/c1-8-12(15(25)23-9(2)22-8)6-14(24)21-7-10-3-4-11(17)5-13(10)16(18,19)20/h3-5H,6-7H2,1-2H3,(H,21,24)(H,22,23,25). The van der Waals surface area contributed by atoms with E-state index in [1.54, 1.807) is 13.8 Å². The highest BCUT2D eigenvalue weighted by Crippen LogP contribution is 2.32. The fourth-order valence-corrected chi connectivity index (χ4v) is 2.34. The van der Waals surface area contributed by atoms with Crippen LogP contribution in [0.2, 0.25) is 0 Å². The summed E-state index contributed by atoms with van der Waals surface area (Å²) >= 11 is 0. The maximum Gasteiger partial charge on any atom is 0.416 e. The van der Waals surface area contributed by atoms with Gasteiger partial charge in [-0.25, -0.2) is 9.37 Å². The molecule has 2 N–H and O–H groups in total. The van der Waals surface area contributed by atoms with Gasteiger partial charge < -0.3 is 10.3 Å². The van der Waals surface area contributed by atoms with E-state index in [4.69, 9.17) is 0 Å². The van der Waals surface area contributed by atoms with E-state index in [2.05, 4.69) is 15.3 Å². The molecule has 0 aliphatic carbocycles. The Hall–Kier alpha value is -2.71. The molecule has 1 amide bonds. The van der Waals surface area contributed by atoms with Crippen LogP contribution >= 0.6 is 0 Å². The molecule has 1 heterocycles. The number of H-pyrrole nitrogens is 1. The Morgan fingerprint density at radius 3 is 2.56 bits per heavy atom. The van der Waals surface area contributed by atoms with E-state index in [0.717, 1.165) is 12.1 Å². The smallest absolute Gasteiger partial charge is 0.352 e. The van der Waals surface area contributed by atoms with Gasteiger partial charge in [0.1, 0.15) is 11.6 Å². The fraction of sp³-hybridized carbons (Fsp3) is 0.312. The van der Waals surface area contributed by atoms with Crippen molar-refractivity contribution in [2.75, 3.05) is 0 Å². The zero-order chi connectivity index (χ0) is 18.8. The third kappa shape index (κ3) is 4.65. The first-order chi connectivity index (χ1) is 11.6. The third-order valence-corrected chi connectivity index (χ3v) is 3.53. The van der Waals surface area contributed by atoms with E-state index in [9.17, 15) is 27.2 Å². The monoisotopic (exact) mass is 357 g/mol. The van der Waals surface area contributed by atoms with Gasteiger partial charge in [-0.05, 0) is 31.5 Å². The summed E-state index contributed by atoms with van der Waals surface area (Å²) in [4.78, 5) is 30.3. The minimum absolute atomic E-state index is 0.137. The second-order valence-corrected chi connectivity index (χ2v) is 5.47. The van der Waals surface area contributed by atoms with Crippen molar-refractivity contribution in [2.45, 2.75) is 33.0 Å². The van der Waals surface area contributed by atoms with Gasteiger partial charge in [0.15, 0.2) is 0 Å². The molecule has 0 aliphatic heterocycles. The van der Waals surface area contributed by atoms with Gasteiger partial charge in [-0.3, -0.25) is 9.59 Å². The van der Waals surface area contributed by atoms with Crippen molar-refractivity contribution in [3.63, 3.8) is 0 Å². The lowest BCUT2D eigenvalue weighted by molar-refractivity contribution is -0.138. The molecule has 0 unspecified atom stereocenters. The molecule has 0 saturated carbocycles. The molecule has 0 bridgehead atoms. The average molecular weight is 357 g/mol. The summed E-state index contributed by atoms with van der Waals surface area (Å²) in [5, 5.41) is 2.31. The number of benzene rings is 1. The number of rotatable bonds is 4. The minimum atomic E-state index is -4.74. The van der Waals surface area contributed by atoms with Crippen molar-refractivity contribution in [3.05, 3.63) is 62.6 Å². The molecule has 0 spiro atoms. The molecule has 9 heteroatoms. The van der Waals surface area contributed by atoms with Crippen LogP contribution in [0, 0.1) is 19.7 Å². The molecule has 2 rings (SSSR count). The maximum absolute atomic E-state index is 13.1. The minimum Gasteiger partial charge on any atom is -0.352 e. The lowest BCUT2D eigenvalue weighted by atomic mass is 10.1. The number of halogens is 4. The Kier molecular flexibility index (Phi) is 5.24. The number of carbonyl (C=O) groups excluding carboxylic acids is 1. The number of nitrogens with zero attached hydrogens (tertiary/aromatic N) is 1. The largest absolute Gasteiger partial charge is 0.416 e. The lowest BCUT2D eigenvalue weighted by Crippen LogP contribution is -2.29. The van der Waals surface area contributed by atoms with Gasteiger partial charge in [0.05, 0.1) is 12.0 Å². The quantitative estimate of drug-likeness (QED) is 0.825.